The van der Waals surface area contributed by atoms with E-state index in [0.717, 1.165) is 4.88 Å². The van der Waals surface area contributed by atoms with E-state index >= 15 is 0 Å². The molecule has 1 aromatic heterocycles. The van der Waals surface area contributed by atoms with Crippen LogP contribution < -0.4 is 5.32 Å². The molecule has 0 aromatic carbocycles. The topological polar surface area (TPSA) is 49.4 Å². The molecule has 0 saturated carbocycles. The fraction of sp³-hybridized carbons (Fsp3) is 0.571. The van der Waals surface area contributed by atoms with Crippen LogP contribution in [0.1, 0.15) is 36.1 Å². The van der Waals surface area contributed by atoms with Crippen LogP contribution in [0.4, 0.5) is 0 Å². The van der Waals surface area contributed by atoms with Gasteiger partial charge in [0.05, 0.1) is 6.54 Å². The Morgan fingerprint density at radius 3 is 2.53 bits per heavy atom. The highest BCUT2D eigenvalue weighted by molar-refractivity contribution is 7.12. The molecule has 1 aliphatic heterocycles. The quantitative estimate of drug-likeness (QED) is 0.900. The van der Waals surface area contributed by atoms with Crippen LogP contribution in [0.5, 0.6) is 0 Å². The van der Waals surface area contributed by atoms with Gasteiger partial charge in [-0.3, -0.25) is 9.59 Å². The van der Waals surface area contributed by atoms with Gasteiger partial charge in [-0.2, -0.15) is 0 Å². The van der Waals surface area contributed by atoms with Gasteiger partial charge in [-0.05, 0) is 46.2 Å². The Morgan fingerprint density at radius 1 is 1.37 bits per heavy atom. The van der Waals surface area contributed by atoms with Crippen LogP contribution in [0.2, 0.25) is 0 Å². The Morgan fingerprint density at radius 2 is 2.00 bits per heavy atom. The van der Waals surface area contributed by atoms with Gasteiger partial charge < -0.3 is 10.2 Å². The molecule has 104 valence electrons. The SMILES string of the molecule is Cc1cc(CN2C(=O)C(C)(C)NC(=O)C2C)sc1C. The van der Waals surface area contributed by atoms with Crippen molar-refractivity contribution in [1.82, 2.24) is 10.2 Å². The summed E-state index contributed by atoms with van der Waals surface area (Å²) in [6.45, 7) is 9.91. The standard InChI is InChI=1S/C14H20N2O2S/c1-8-6-11(19-10(8)3)7-16-9(2)12(17)15-14(4,5)13(16)18/h6,9H,7H2,1-5H3,(H,15,17). The van der Waals surface area contributed by atoms with Gasteiger partial charge in [-0.15, -0.1) is 11.3 Å². The second-order valence-electron chi connectivity index (χ2n) is 5.68. The van der Waals surface area contributed by atoms with Gasteiger partial charge in [-0.25, -0.2) is 0 Å². The van der Waals surface area contributed by atoms with Crippen molar-refractivity contribution in [3.05, 3.63) is 21.4 Å². The van der Waals surface area contributed by atoms with E-state index in [9.17, 15) is 9.59 Å². The third-order valence-electron chi connectivity index (χ3n) is 3.62. The molecule has 2 rings (SSSR count). The van der Waals surface area contributed by atoms with Gasteiger partial charge in [0.15, 0.2) is 0 Å². The van der Waals surface area contributed by atoms with Crippen LogP contribution in [0.15, 0.2) is 6.07 Å². The van der Waals surface area contributed by atoms with Crippen LogP contribution in [-0.2, 0) is 16.1 Å². The maximum Gasteiger partial charge on any atom is 0.248 e. The number of hydrogen-bond acceptors (Lipinski definition) is 3. The highest BCUT2D eigenvalue weighted by Crippen LogP contribution is 2.25. The summed E-state index contributed by atoms with van der Waals surface area (Å²) < 4.78 is 0. The average molecular weight is 280 g/mol. The van der Waals surface area contributed by atoms with Crippen molar-refractivity contribution < 1.29 is 9.59 Å². The minimum absolute atomic E-state index is 0.0247. The number of thiophene rings is 1. The molecule has 19 heavy (non-hydrogen) atoms. The summed E-state index contributed by atoms with van der Waals surface area (Å²) in [5, 5.41) is 2.76. The molecule has 1 aromatic rings. The van der Waals surface area contributed by atoms with Gasteiger partial charge in [0, 0.05) is 9.75 Å². The van der Waals surface area contributed by atoms with Crippen LogP contribution >= 0.6 is 11.3 Å². The van der Waals surface area contributed by atoms with Gasteiger partial charge in [0.2, 0.25) is 11.8 Å². The molecule has 0 bridgehead atoms. The zero-order valence-electron chi connectivity index (χ0n) is 12.0. The highest BCUT2D eigenvalue weighted by atomic mass is 32.1. The number of nitrogens with one attached hydrogen (secondary N) is 1. The Hall–Kier alpha value is -1.36. The van der Waals surface area contributed by atoms with Crippen LogP contribution in [0.3, 0.4) is 0 Å². The largest absolute Gasteiger partial charge is 0.340 e. The summed E-state index contributed by atoms with van der Waals surface area (Å²) in [4.78, 5) is 28.4. The van der Waals surface area contributed by atoms with Crippen molar-refractivity contribution in [3.63, 3.8) is 0 Å². The van der Waals surface area contributed by atoms with Gasteiger partial charge >= 0.3 is 0 Å². The average Bonchev–Trinajstić information content (AvgIpc) is 2.61. The maximum absolute atomic E-state index is 12.4. The van der Waals surface area contributed by atoms with Gasteiger partial charge in [-0.1, -0.05) is 0 Å². The molecule has 1 unspecified atom stereocenters. The normalized spacial score (nSPS) is 22.6. The Bertz CT molecular complexity index is 514. The molecule has 4 nitrogen and oxygen atoms in total. The third kappa shape index (κ3) is 2.52. The van der Waals surface area contributed by atoms with E-state index < -0.39 is 11.6 Å². The molecular weight excluding hydrogens is 260 g/mol. The van der Waals surface area contributed by atoms with Crippen LogP contribution in [0, 0.1) is 13.8 Å². The lowest BCUT2D eigenvalue weighted by atomic mass is 9.97. The van der Waals surface area contributed by atoms with E-state index in [4.69, 9.17) is 0 Å². The summed E-state index contributed by atoms with van der Waals surface area (Å²) in [5.74, 6) is -0.113. The summed E-state index contributed by atoms with van der Waals surface area (Å²) in [7, 11) is 0. The van der Waals surface area contributed by atoms with E-state index in [1.54, 1.807) is 37.0 Å². The summed E-state index contributed by atoms with van der Waals surface area (Å²) in [6, 6.07) is 1.68. The molecule has 2 amide bonds. The molecule has 0 radical (unpaired) electrons. The van der Waals surface area contributed by atoms with Crippen LogP contribution in [0.25, 0.3) is 0 Å². The van der Waals surface area contributed by atoms with E-state index in [1.165, 1.54) is 10.4 Å². The molecule has 1 saturated heterocycles. The van der Waals surface area contributed by atoms with Crippen molar-refractivity contribution in [3.8, 4) is 0 Å². The first-order valence-electron chi connectivity index (χ1n) is 6.41. The molecule has 0 aliphatic carbocycles. The van der Waals surface area contributed by atoms with Crippen molar-refractivity contribution >= 4 is 23.2 Å². The fourth-order valence-corrected chi connectivity index (χ4v) is 3.30. The predicted octanol–water partition coefficient (Wildman–Crippen LogP) is 1.99. The Labute approximate surface area is 117 Å². The van der Waals surface area contributed by atoms with E-state index in [-0.39, 0.29) is 11.8 Å². The number of hydrogen-bond donors (Lipinski definition) is 1. The van der Waals surface area contributed by atoms with E-state index in [1.807, 2.05) is 0 Å². The second kappa shape index (κ2) is 4.63. The first-order chi connectivity index (χ1) is 8.72. The first kappa shape index (κ1) is 14.1. The summed E-state index contributed by atoms with van der Waals surface area (Å²) in [5.41, 5.74) is 0.422. The second-order valence-corrected chi connectivity index (χ2v) is 7.02. The van der Waals surface area contributed by atoms with Gasteiger partial charge in [0.25, 0.3) is 0 Å². The number of carbonyl (C=O) groups excluding carboxylic acids is 2. The summed E-state index contributed by atoms with van der Waals surface area (Å²) >= 11 is 1.69. The Balaban J connectivity index is 2.26. The Kier molecular flexibility index (Phi) is 3.43. The lowest BCUT2D eigenvalue weighted by Crippen LogP contribution is -2.66. The fourth-order valence-electron chi connectivity index (χ4n) is 2.25. The minimum atomic E-state index is -0.815. The molecule has 1 fully saturated rings. The van der Waals surface area contributed by atoms with Crippen molar-refractivity contribution in [2.75, 3.05) is 0 Å². The van der Waals surface area contributed by atoms with Crippen molar-refractivity contribution in [2.45, 2.75) is 52.7 Å². The smallest absolute Gasteiger partial charge is 0.248 e. The number of carbonyl (C=O) groups is 2. The van der Waals surface area contributed by atoms with Crippen LogP contribution in [-0.4, -0.2) is 28.3 Å². The lowest BCUT2D eigenvalue weighted by molar-refractivity contribution is -0.153. The number of piperazine rings is 1. The molecule has 5 heteroatoms. The number of amides is 2. The van der Waals surface area contributed by atoms with Crippen molar-refractivity contribution in [1.29, 1.82) is 0 Å². The van der Waals surface area contributed by atoms with Crippen molar-refractivity contribution in [2.24, 2.45) is 0 Å². The zero-order chi connectivity index (χ0) is 14.4. The lowest BCUT2D eigenvalue weighted by Gasteiger charge is -2.41. The number of nitrogens with zero attached hydrogens (tertiary/aromatic N) is 1. The summed E-state index contributed by atoms with van der Waals surface area (Å²) in [6.07, 6.45) is 0. The third-order valence-corrected chi connectivity index (χ3v) is 4.76. The monoisotopic (exact) mass is 280 g/mol. The highest BCUT2D eigenvalue weighted by Gasteiger charge is 2.43. The predicted molar refractivity (Wildman–Crippen MR) is 76.0 cm³/mol. The molecule has 1 N–H and O–H groups in total. The molecule has 1 atom stereocenters. The maximum atomic E-state index is 12.4. The van der Waals surface area contributed by atoms with Gasteiger partial charge in [0.1, 0.15) is 11.6 Å². The first-order valence-corrected chi connectivity index (χ1v) is 7.23. The van der Waals surface area contributed by atoms with E-state index in [2.05, 4.69) is 25.2 Å². The number of aryl methyl sites for hydroxylation is 2. The molecule has 1 aliphatic rings. The zero-order valence-corrected chi connectivity index (χ0v) is 12.9. The molecular formula is C14H20N2O2S. The minimum Gasteiger partial charge on any atom is -0.340 e. The number of rotatable bonds is 2. The van der Waals surface area contributed by atoms with E-state index in [0.29, 0.717) is 6.54 Å². The molecule has 0 spiro atoms. The molecule has 2 heterocycles.